The van der Waals surface area contributed by atoms with Crippen molar-refractivity contribution in [2.45, 2.75) is 78.4 Å². The van der Waals surface area contributed by atoms with Crippen LogP contribution < -0.4 is 15.8 Å². The van der Waals surface area contributed by atoms with E-state index in [0.717, 1.165) is 62.8 Å². The summed E-state index contributed by atoms with van der Waals surface area (Å²) in [6, 6.07) is 0. The van der Waals surface area contributed by atoms with Crippen molar-refractivity contribution in [1.82, 2.24) is 25.1 Å². The van der Waals surface area contributed by atoms with Crippen molar-refractivity contribution < 1.29 is 85.3 Å². The highest BCUT2D eigenvalue weighted by atomic mass is 16.6. The summed E-state index contributed by atoms with van der Waals surface area (Å²) in [4.78, 5) is 20.0. The largest absolute Gasteiger partial charge is 0.499 e. The Morgan fingerprint density at radius 2 is 0.976 bits per heavy atom. The lowest BCUT2D eigenvalue weighted by Gasteiger charge is -2.29. The van der Waals surface area contributed by atoms with Crippen LogP contribution in [0.2, 0.25) is 0 Å². The first kappa shape index (κ1) is 72.1. The maximum absolute atomic E-state index is 12.5. The van der Waals surface area contributed by atoms with E-state index in [0.29, 0.717) is 247 Å². The lowest BCUT2D eigenvalue weighted by molar-refractivity contribution is -0.116. The summed E-state index contributed by atoms with van der Waals surface area (Å²) in [6.45, 7) is 22.2. The molecular weight excluding hydrogens is 1070 g/mol. The number of nitrogens with one attached hydrogen (secondary N) is 1. The number of aromatic nitrogens is 4. The maximum atomic E-state index is 12.5. The Morgan fingerprint density at radius 1 is 0.598 bits per heavy atom. The Kier molecular flexibility index (Phi) is 46.1. The number of nitrogens with two attached hydrogens (primary N) is 1. The van der Waals surface area contributed by atoms with Crippen LogP contribution in [0.25, 0.3) is 21.5 Å². The van der Waals surface area contributed by atoms with Crippen molar-refractivity contribution >= 4 is 22.8 Å². The predicted molar refractivity (Wildman–Crippen MR) is 304 cm³/mol. The number of fused-ring (bicyclic) bond motifs is 1. The fourth-order valence-corrected chi connectivity index (χ4v) is 7.91. The highest BCUT2D eigenvalue weighted by Gasteiger charge is 2.26. The number of hydrogen-bond donors (Lipinski definition) is 2. The van der Waals surface area contributed by atoms with E-state index in [-0.39, 0.29) is 12.0 Å². The van der Waals surface area contributed by atoms with Crippen molar-refractivity contribution in [3.8, 4) is 5.88 Å². The molecule has 0 radical (unpaired) electrons. The number of aryl methyl sites for hydroxylation is 1. The minimum atomic E-state index is -0.171. The van der Waals surface area contributed by atoms with Gasteiger partial charge in [-0.05, 0) is 63.3 Å². The SMILES string of the molecule is CCCCc1nc2c(N)nnc(OC(C)C)c2n1C[C@H]1CC[C@H](CNC(=O)C=COCCOCCOCCOCCOCCOCCOCCOCCOCCOCCOCCOCCOCCOCCOCCOCCN=[N+]=[N-])CC1. The Labute approximate surface area is 485 Å². The molecule has 82 heavy (non-hydrogen) atoms. The van der Waals surface area contributed by atoms with Crippen LogP contribution >= 0.6 is 0 Å². The van der Waals surface area contributed by atoms with Crippen LogP contribution in [-0.2, 0) is 93.5 Å². The molecule has 1 amide bonds. The van der Waals surface area contributed by atoms with Gasteiger partial charge in [-0.15, -0.1) is 10.2 Å². The molecule has 27 nitrogen and oxygen atoms in total. The molecule has 2 aromatic rings. The predicted octanol–water partition coefficient (Wildman–Crippen LogP) is 4.55. The average molecular weight is 1170 g/mol. The monoisotopic (exact) mass is 1170 g/mol. The normalized spacial score (nSPS) is 14.6. The van der Waals surface area contributed by atoms with Gasteiger partial charge in [0.05, 0.1) is 211 Å². The summed E-state index contributed by atoms with van der Waals surface area (Å²) >= 11 is 0. The van der Waals surface area contributed by atoms with E-state index < -0.39 is 0 Å². The molecule has 0 aromatic carbocycles. The number of azide groups is 1. The van der Waals surface area contributed by atoms with Gasteiger partial charge in [0.25, 0.3) is 5.88 Å². The zero-order valence-electron chi connectivity index (χ0n) is 49.4. The van der Waals surface area contributed by atoms with Crippen LogP contribution in [0.15, 0.2) is 17.5 Å². The zero-order valence-corrected chi connectivity index (χ0v) is 49.4. The van der Waals surface area contributed by atoms with Crippen molar-refractivity contribution in [2.24, 2.45) is 17.0 Å². The van der Waals surface area contributed by atoms with Gasteiger partial charge in [-0.2, -0.15) is 0 Å². The van der Waals surface area contributed by atoms with Crippen LogP contribution in [0.3, 0.4) is 0 Å². The molecular formula is C55H99N9O18. The lowest BCUT2D eigenvalue weighted by atomic mass is 9.82. The highest BCUT2D eigenvalue weighted by Crippen LogP contribution is 2.34. The Balaban J connectivity index is 0.952. The number of amides is 1. The summed E-state index contributed by atoms with van der Waals surface area (Å²) in [5.74, 6) is 2.54. The number of rotatable bonds is 59. The van der Waals surface area contributed by atoms with E-state index in [4.69, 9.17) is 96.8 Å². The quantitative estimate of drug-likeness (QED) is 0.0229. The van der Waals surface area contributed by atoms with Crippen molar-refractivity contribution in [3.63, 3.8) is 0 Å². The molecule has 0 unspecified atom stereocenters. The van der Waals surface area contributed by atoms with Gasteiger partial charge in [-0.25, -0.2) is 4.98 Å². The average Bonchev–Trinajstić information content (AvgIpc) is 4.11. The van der Waals surface area contributed by atoms with Gasteiger partial charge in [0.2, 0.25) is 5.91 Å². The molecule has 472 valence electrons. The van der Waals surface area contributed by atoms with E-state index in [9.17, 15) is 4.79 Å². The van der Waals surface area contributed by atoms with Gasteiger partial charge in [-0.3, -0.25) is 4.79 Å². The number of nitrogen functional groups attached to an aromatic ring is 1. The van der Waals surface area contributed by atoms with Crippen LogP contribution in [0, 0.1) is 11.8 Å². The zero-order chi connectivity index (χ0) is 58.4. The Bertz CT molecular complexity index is 1900. The first-order valence-corrected chi connectivity index (χ1v) is 29.3. The molecule has 1 aliphatic rings. The minimum Gasteiger partial charge on any atom is -0.499 e. The summed E-state index contributed by atoms with van der Waals surface area (Å²) < 4.78 is 96.1. The number of nitrogens with zero attached hydrogens (tertiary/aromatic N) is 7. The third-order valence-corrected chi connectivity index (χ3v) is 12.1. The van der Waals surface area contributed by atoms with E-state index in [1.54, 1.807) is 0 Å². The molecule has 0 spiro atoms. The molecule has 3 N–H and O–H groups in total. The van der Waals surface area contributed by atoms with E-state index in [2.05, 4.69) is 37.0 Å². The number of carbonyl (C=O) groups excluding carboxylic acids is 1. The third kappa shape index (κ3) is 38.7. The molecule has 1 aliphatic carbocycles. The molecule has 1 saturated carbocycles. The number of carbonyl (C=O) groups is 1. The Hall–Kier alpha value is -4.13. The van der Waals surface area contributed by atoms with Gasteiger partial charge in [0, 0.05) is 37.0 Å². The van der Waals surface area contributed by atoms with Crippen LogP contribution in [0.1, 0.15) is 65.1 Å². The standard InChI is InChI=1S/C55H99N9O18/c1-4-5-6-50-60-52-53(55(82-47(2)3)62-61-54(52)56)64(50)46-49-9-7-48(8-10-49)45-58-51(65)11-13-66-15-17-68-19-21-70-23-25-72-27-29-74-31-33-76-35-37-78-39-41-80-43-44-81-42-40-79-38-36-77-34-32-75-30-28-73-26-24-71-22-20-69-18-16-67-14-12-59-63-57/h11,13,47-49H,4-10,12,14-46H2,1-3H3,(H2,56,61)(H,58,65)/t48-,49-. The van der Waals surface area contributed by atoms with Crippen LogP contribution in [0.5, 0.6) is 5.88 Å². The first-order valence-electron chi connectivity index (χ1n) is 29.3. The topological polar surface area (TPSA) is 304 Å². The summed E-state index contributed by atoms with van der Waals surface area (Å²) in [5.41, 5.74) is 15.9. The van der Waals surface area contributed by atoms with Gasteiger partial charge in [-0.1, -0.05) is 18.5 Å². The van der Waals surface area contributed by atoms with Gasteiger partial charge in [0.15, 0.2) is 5.82 Å². The van der Waals surface area contributed by atoms with E-state index >= 15 is 0 Å². The fourth-order valence-electron chi connectivity index (χ4n) is 7.91. The number of imidazole rings is 1. The Morgan fingerprint density at radius 3 is 1.35 bits per heavy atom. The van der Waals surface area contributed by atoms with Crippen molar-refractivity contribution in [3.05, 3.63) is 28.6 Å². The molecule has 0 bridgehead atoms. The molecule has 2 aromatic heterocycles. The summed E-state index contributed by atoms with van der Waals surface area (Å²) in [7, 11) is 0. The third-order valence-electron chi connectivity index (χ3n) is 12.1. The number of unbranched alkanes of at least 4 members (excludes halogenated alkanes) is 1. The molecule has 0 aliphatic heterocycles. The highest BCUT2D eigenvalue weighted by molar-refractivity contribution is 5.88. The number of hydrogen-bond acceptors (Lipinski definition) is 23. The number of anilines is 1. The summed E-state index contributed by atoms with van der Waals surface area (Å²) in [5, 5.41) is 14.8. The van der Waals surface area contributed by atoms with Gasteiger partial charge >= 0.3 is 0 Å². The molecule has 0 saturated heterocycles. The number of ether oxygens (including phenoxy) is 17. The van der Waals surface area contributed by atoms with Gasteiger partial charge < -0.3 is 96.1 Å². The first-order chi connectivity index (χ1) is 40.4. The van der Waals surface area contributed by atoms with E-state index in [1.165, 1.54) is 12.3 Å². The van der Waals surface area contributed by atoms with Crippen LogP contribution in [-0.4, -0.2) is 250 Å². The molecule has 27 heteroatoms. The molecule has 1 fully saturated rings. The molecule has 3 rings (SSSR count). The summed E-state index contributed by atoms with van der Waals surface area (Å²) in [6.07, 6.45) is 9.93. The second-order valence-electron chi connectivity index (χ2n) is 18.9. The van der Waals surface area contributed by atoms with Crippen molar-refractivity contribution in [2.75, 3.05) is 224 Å². The second kappa shape index (κ2) is 52.4. The van der Waals surface area contributed by atoms with Crippen molar-refractivity contribution in [1.29, 1.82) is 0 Å². The van der Waals surface area contributed by atoms with Gasteiger partial charge in [0.1, 0.15) is 23.5 Å². The molecule has 0 atom stereocenters. The van der Waals surface area contributed by atoms with E-state index in [1.807, 2.05) is 13.8 Å². The molecule has 2 heterocycles. The lowest BCUT2D eigenvalue weighted by Crippen LogP contribution is -2.31. The maximum Gasteiger partial charge on any atom is 0.260 e. The minimum absolute atomic E-state index is 0.0502. The second-order valence-corrected chi connectivity index (χ2v) is 18.9. The van der Waals surface area contributed by atoms with Crippen LogP contribution in [0.4, 0.5) is 5.82 Å². The smallest absolute Gasteiger partial charge is 0.260 e. The fraction of sp³-hybridized carbons (Fsp3) is 0.855.